The molecule has 22 heavy (non-hydrogen) atoms. The number of nitro groups is 1. The van der Waals surface area contributed by atoms with Crippen LogP contribution in [-0.4, -0.2) is 24.4 Å². The number of ketones is 1. The number of carbonyl (C=O) groups is 1. The average molecular weight is 321 g/mol. The van der Waals surface area contributed by atoms with Crippen LogP contribution in [0.4, 0.5) is 11.4 Å². The predicted octanol–water partition coefficient (Wildman–Crippen LogP) is 3.55. The number of benzene rings is 2. The smallest absolute Gasteiger partial charge is 0.270 e. The number of rotatable bonds is 6. The molecule has 0 bridgehead atoms. The molecule has 0 radical (unpaired) electrons. The normalized spacial score (nSPS) is 10.1. The van der Waals surface area contributed by atoms with Crippen LogP contribution < -0.4 is 10.1 Å². The molecule has 0 amide bonds. The molecule has 0 aliphatic heterocycles. The van der Waals surface area contributed by atoms with Crippen molar-refractivity contribution < 1.29 is 14.5 Å². The van der Waals surface area contributed by atoms with Gasteiger partial charge in [-0.15, -0.1) is 0 Å². The molecule has 2 aromatic rings. The van der Waals surface area contributed by atoms with Gasteiger partial charge in [0.2, 0.25) is 0 Å². The van der Waals surface area contributed by atoms with Crippen LogP contribution >= 0.6 is 11.6 Å². The fourth-order valence-corrected chi connectivity index (χ4v) is 2.06. The molecular formula is C15H13ClN2O4. The SMILES string of the molecule is COc1ccc(Cl)cc1NCC(=O)c1cccc([N+](=O)[O-])c1. The second-order valence-corrected chi connectivity index (χ2v) is 4.87. The summed E-state index contributed by atoms with van der Waals surface area (Å²) in [5.41, 5.74) is 0.725. The third kappa shape index (κ3) is 3.73. The van der Waals surface area contributed by atoms with E-state index in [0.717, 1.165) is 0 Å². The highest BCUT2D eigenvalue weighted by atomic mass is 35.5. The molecule has 1 N–H and O–H groups in total. The van der Waals surface area contributed by atoms with Gasteiger partial charge in [-0.25, -0.2) is 0 Å². The molecule has 0 unspecified atom stereocenters. The topological polar surface area (TPSA) is 81.5 Å². The van der Waals surface area contributed by atoms with E-state index in [1.165, 1.54) is 31.4 Å². The van der Waals surface area contributed by atoms with Crippen LogP contribution in [0.3, 0.4) is 0 Å². The van der Waals surface area contributed by atoms with Gasteiger partial charge in [-0.3, -0.25) is 14.9 Å². The summed E-state index contributed by atoms with van der Waals surface area (Å²) in [4.78, 5) is 22.3. The Hall–Kier alpha value is -2.60. The number of nitro benzene ring substituents is 1. The molecule has 0 fully saturated rings. The zero-order valence-electron chi connectivity index (χ0n) is 11.7. The van der Waals surface area contributed by atoms with Crippen molar-refractivity contribution in [2.24, 2.45) is 0 Å². The Balaban J connectivity index is 2.12. The van der Waals surface area contributed by atoms with Gasteiger partial charge in [0.05, 0.1) is 24.3 Å². The summed E-state index contributed by atoms with van der Waals surface area (Å²) >= 11 is 5.91. The zero-order valence-corrected chi connectivity index (χ0v) is 12.5. The van der Waals surface area contributed by atoms with Crippen LogP contribution in [0.1, 0.15) is 10.4 Å². The lowest BCUT2D eigenvalue weighted by Gasteiger charge is -2.11. The van der Waals surface area contributed by atoms with E-state index in [1.54, 1.807) is 18.2 Å². The van der Waals surface area contributed by atoms with Crippen LogP contribution in [0.5, 0.6) is 5.75 Å². The first-order chi connectivity index (χ1) is 10.5. The second kappa shape index (κ2) is 6.91. The Morgan fingerprint density at radius 2 is 2.09 bits per heavy atom. The maximum Gasteiger partial charge on any atom is 0.270 e. The largest absolute Gasteiger partial charge is 0.495 e. The van der Waals surface area contributed by atoms with E-state index in [9.17, 15) is 14.9 Å². The number of hydrogen-bond donors (Lipinski definition) is 1. The maximum absolute atomic E-state index is 12.1. The van der Waals surface area contributed by atoms with Crippen molar-refractivity contribution >= 4 is 28.8 Å². The molecule has 0 saturated heterocycles. The van der Waals surface area contributed by atoms with E-state index in [4.69, 9.17) is 16.3 Å². The molecule has 7 heteroatoms. The Morgan fingerprint density at radius 1 is 1.32 bits per heavy atom. The van der Waals surface area contributed by atoms with Gasteiger partial charge in [-0.1, -0.05) is 23.7 Å². The maximum atomic E-state index is 12.1. The third-order valence-electron chi connectivity index (χ3n) is 2.98. The first kappa shape index (κ1) is 15.8. The molecule has 6 nitrogen and oxygen atoms in total. The summed E-state index contributed by atoms with van der Waals surface area (Å²) in [5, 5.41) is 14.2. The summed E-state index contributed by atoms with van der Waals surface area (Å²) in [6, 6.07) is 10.6. The number of methoxy groups -OCH3 is 1. The number of nitrogens with one attached hydrogen (secondary N) is 1. The number of carbonyl (C=O) groups excluding carboxylic acids is 1. The van der Waals surface area contributed by atoms with Crippen molar-refractivity contribution in [2.75, 3.05) is 19.0 Å². The Bertz CT molecular complexity index is 718. The van der Waals surface area contributed by atoms with E-state index in [0.29, 0.717) is 16.5 Å². The van der Waals surface area contributed by atoms with Gasteiger partial charge in [-0.2, -0.15) is 0 Å². The summed E-state index contributed by atoms with van der Waals surface area (Å²) in [6.45, 7) is -0.0299. The number of ether oxygens (including phenoxy) is 1. The van der Waals surface area contributed by atoms with Crippen LogP contribution in [-0.2, 0) is 0 Å². The quantitative estimate of drug-likeness (QED) is 0.500. The molecule has 114 valence electrons. The van der Waals surface area contributed by atoms with Crippen molar-refractivity contribution in [1.82, 2.24) is 0 Å². The molecule has 0 aliphatic carbocycles. The van der Waals surface area contributed by atoms with Gasteiger partial charge in [0, 0.05) is 22.7 Å². The first-order valence-electron chi connectivity index (χ1n) is 6.36. The van der Waals surface area contributed by atoms with Gasteiger partial charge in [0.25, 0.3) is 5.69 Å². The molecule has 0 atom stereocenters. The standard InChI is InChI=1S/C15H13ClN2O4/c1-22-15-6-5-11(16)8-13(15)17-9-14(19)10-3-2-4-12(7-10)18(20)21/h2-8,17H,9H2,1H3. The number of Topliss-reactive ketones (excluding diaryl/α,β-unsaturated/α-hetero) is 1. The molecule has 0 aromatic heterocycles. The molecule has 2 aromatic carbocycles. The van der Waals surface area contributed by atoms with Crippen molar-refractivity contribution in [2.45, 2.75) is 0 Å². The molecule has 0 heterocycles. The molecular weight excluding hydrogens is 308 g/mol. The second-order valence-electron chi connectivity index (χ2n) is 4.43. The summed E-state index contributed by atoms with van der Waals surface area (Å²) in [6.07, 6.45) is 0. The minimum absolute atomic E-state index is 0.0299. The highest BCUT2D eigenvalue weighted by Gasteiger charge is 2.12. The van der Waals surface area contributed by atoms with Gasteiger partial charge in [0.15, 0.2) is 5.78 Å². The number of hydrogen-bond acceptors (Lipinski definition) is 5. The number of nitrogens with zero attached hydrogens (tertiary/aromatic N) is 1. The Labute approximate surface area is 131 Å². The highest BCUT2D eigenvalue weighted by molar-refractivity contribution is 6.31. The van der Waals surface area contributed by atoms with Crippen LogP contribution in [0.2, 0.25) is 5.02 Å². The lowest BCUT2D eigenvalue weighted by Crippen LogP contribution is -2.14. The lowest BCUT2D eigenvalue weighted by atomic mass is 10.1. The van der Waals surface area contributed by atoms with Crippen molar-refractivity contribution in [3.8, 4) is 5.75 Å². The Morgan fingerprint density at radius 3 is 2.77 bits per heavy atom. The van der Waals surface area contributed by atoms with Crippen LogP contribution in [0, 0.1) is 10.1 Å². The first-order valence-corrected chi connectivity index (χ1v) is 6.74. The van der Waals surface area contributed by atoms with E-state index in [-0.39, 0.29) is 23.6 Å². The third-order valence-corrected chi connectivity index (χ3v) is 3.21. The molecule has 0 saturated carbocycles. The number of halogens is 1. The van der Waals surface area contributed by atoms with E-state index in [1.807, 2.05) is 0 Å². The fourth-order valence-electron chi connectivity index (χ4n) is 1.89. The Kier molecular flexibility index (Phi) is 4.95. The minimum Gasteiger partial charge on any atom is -0.495 e. The fraction of sp³-hybridized carbons (Fsp3) is 0.133. The highest BCUT2D eigenvalue weighted by Crippen LogP contribution is 2.27. The molecule has 0 aliphatic rings. The van der Waals surface area contributed by atoms with E-state index in [2.05, 4.69) is 5.32 Å². The summed E-state index contributed by atoms with van der Waals surface area (Å²) in [5.74, 6) is 0.280. The monoisotopic (exact) mass is 320 g/mol. The number of anilines is 1. The van der Waals surface area contributed by atoms with Crippen molar-refractivity contribution in [3.63, 3.8) is 0 Å². The van der Waals surface area contributed by atoms with Crippen LogP contribution in [0.15, 0.2) is 42.5 Å². The van der Waals surface area contributed by atoms with Crippen LogP contribution in [0.25, 0.3) is 0 Å². The molecule has 2 rings (SSSR count). The summed E-state index contributed by atoms with van der Waals surface area (Å²) < 4.78 is 5.17. The van der Waals surface area contributed by atoms with E-state index >= 15 is 0 Å². The van der Waals surface area contributed by atoms with Gasteiger partial charge >= 0.3 is 0 Å². The zero-order chi connectivity index (χ0) is 16.1. The van der Waals surface area contributed by atoms with E-state index < -0.39 is 4.92 Å². The van der Waals surface area contributed by atoms with Gasteiger partial charge in [0.1, 0.15) is 5.75 Å². The lowest BCUT2D eigenvalue weighted by molar-refractivity contribution is -0.384. The van der Waals surface area contributed by atoms with Crippen molar-refractivity contribution in [1.29, 1.82) is 0 Å². The minimum atomic E-state index is -0.537. The van der Waals surface area contributed by atoms with Crippen molar-refractivity contribution in [3.05, 3.63) is 63.2 Å². The predicted molar refractivity (Wildman–Crippen MR) is 83.9 cm³/mol. The summed E-state index contributed by atoms with van der Waals surface area (Å²) in [7, 11) is 1.51. The van der Waals surface area contributed by atoms with Gasteiger partial charge in [-0.05, 0) is 18.2 Å². The average Bonchev–Trinajstić information content (AvgIpc) is 2.52. The number of non-ortho nitro benzene ring substituents is 1. The van der Waals surface area contributed by atoms with Gasteiger partial charge < -0.3 is 10.1 Å². The molecule has 0 spiro atoms.